The normalized spacial score (nSPS) is 12.4. The summed E-state index contributed by atoms with van der Waals surface area (Å²) in [7, 11) is 0. The molecule has 82 valence electrons. The van der Waals surface area contributed by atoms with Crippen molar-refractivity contribution < 1.29 is 4.74 Å². The minimum absolute atomic E-state index is 0.0690. The maximum absolute atomic E-state index is 7.29. The zero-order chi connectivity index (χ0) is 11.3. The highest BCUT2D eigenvalue weighted by atomic mass is 35.5. The Morgan fingerprint density at radius 2 is 2.33 bits per heavy atom. The molecule has 0 fully saturated rings. The number of nitrogens with two attached hydrogens (primary N) is 1. The lowest BCUT2D eigenvalue weighted by Gasteiger charge is -2.14. The Morgan fingerprint density at radius 1 is 1.60 bits per heavy atom. The predicted molar refractivity (Wildman–Crippen MR) is 62.2 cm³/mol. The SMILES string of the molecule is CCC(OCc1cccc(Cl)c1)C(=N)N. The molecule has 0 radical (unpaired) electrons. The topological polar surface area (TPSA) is 59.1 Å². The molecule has 3 N–H and O–H groups in total. The van der Waals surface area contributed by atoms with Gasteiger partial charge in [-0.1, -0.05) is 30.7 Å². The zero-order valence-electron chi connectivity index (χ0n) is 8.66. The summed E-state index contributed by atoms with van der Waals surface area (Å²) in [5, 5.41) is 7.97. The van der Waals surface area contributed by atoms with E-state index in [9.17, 15) is 0 Å². The zero-order valence-corrected chi connectivity index (χ0v) is 9.42. The van der Waals surface area contributed by atoms with Crippen molar-refractivity contribution in [2.75, 3.05) is 0 Å². The van der Waals surface area contributed by atoms with Gasteiger partial charge in [0.1, 0.15) is 11.9 Å². The molecule has 1 unspecified atom stereocenters. The number of benzene rings is 1. The van der Waals surface area contributed by atoms with E-state index in [0.29, 0.717) is 18.1 Å². The van der Waals surface area contributed by atoms with E-state index in [4.69, 9.17) is 27.5 Å². The smallest absolute Gasteiger partial charge is 0.120 e. The Balaban J connectivity index is 2.52. The average Bonchev–Trinajstić information content (AvgIpc) is 2.18. The molecule has 4 heteroatoms. The first-order valence-corrected chi connectivity index (χ1v) is 5.21. The number of ether oxygens (including phenoxy) is 1. The molecule has 15 heavy (non-hydrogen) atoms. The first kappa shape index (κ1) is 12.0. The van der Waals surface area contributed by atoms with E-state index >= 15 is 0 Å². The van der Waals surface area contributed by atoms with Crippen LogP contribution in [0.5, 0.6) is 0 Å². The van der Waals surface area contributed by atoms with Crippen LogP contribution >= 0.6 is 11.6 Å². The van der Waals surface area contributed by atoms with Crippen molar-refractivity contribution in [3.63, 3.8) is 0 Å². The van der Waals surface area contributed by atoms with E-state index in [0.717, 1.165) is 5.56 Å². The van der Waals surface area contributed by atoms with Gasteiger partial charge in [-0.05, 0) is 24.1 Å². The molecule has 0 heterocycles. The summed E-state index contributed by atoms with van der Waals surface area (Å²) in [5.41, 5.74) is 6.36. The van der Waals surface area contributed by atoms with Gasteiger partial charge in [0, 0.05) is 5.02 Å². The third-order valence-corrected chi connectivity index (χ3v) is 2.29. The van der Waals surface area contributed by atoms with Gasteiger partial charge in [-0.15, -0.1) is 0 Å². The van der Waals surface area contributed by atoms with Gasteiger partial charge in [0.15, 0.2) is 0 Å². The van der Waals surface area contributed by atoms with Crippen molar-refractivity contribution in [2.45, 2.75) is 26.1 Å². The van der Waals surface area contributed by atoms with Crippen molar-refractivity contribution in [3.8, 4) is 0 Å². The summed E-state index contributed by atoms with van der Waals surface area (Å²) in [6.07, 6.45) is 0.402. The molecule has 0 aliphatic carbocycles. The standard InChI is InChI=1S/C11H15ClN2O/c1-2-10(11(13)14)15-7-8-4-3-5-9(12)6-8/h3-6,10H,2,7H2,1H3,(H3,13,14). The number of hydrogen-bond donors (Lipinski definition) is 2. The van der Waals surface area contributed by atoms with Gasteiger partial charge in [0.05, 0.1) is 6.61 Å². The van der Waals surface area contributed by atoms with E-state index < -0.39 is 0 Å². The highest BCUT2D eigenvalue weighted by Crippen LogP contribution is 2.12. The average molecular weight is 227 g/mol. The molecule has 0 saturated carbocycles. The molecule has 0 aliphatic heterocycles. The van der Waals surface area contributed by atoms with Crippen LogP contribution in [0.25, 0.3) is 0 Å². The molecule has 1 atom stereocenters. The minimum atomic E-state index is -0.302. The van der Waals surface area contributed by atoms with Crippen LogP contribution in [0.15, 0.2) is 24.3 Å². The van der Waals surface area contributed by atoms with Crippen molar-refractivity contribution in [1.82, 2.24) is 0 Å². The second-order valence-electron chi connectivity index (χ2n) is 3.29. The van der Waals surface area contributed by atoms with Crippen LogP contribution in [0.2, 0.25) is 5.02 Å². The Bertz CT molecular complexity index is 341. The number of hydrogen-bond acceptors (Lipinski definition) is 2. The predicted octanol–water partition coefficient (Wildman–Crippen LogP) is 2.57. The molecule has 0 aliphatic rings. The highest BCUT2D eigenvalue weighted by molar-refractivity contribution is 6.30. The molecule has 1 aromatic rings. The fourth-order valence-corrected chi connectivity index (χ4v) is 1.46. The third-order valence-electron chi connectivity index (χ3n) is 2.06. The second kappa shape index (κ2) is 5.73. The summed E-state index contributed by atoms with van der Waals surface area (Å²) in [6, 6.07) is 7.45. The molecule has 0 saturated heterocycles. The van der Waals surface area contributed by atoms with Crippen molar-refractivity contribution in [1.29, 1.82) is 5.41 Å². The maximum Gasteiger partial charge on any atom is 0.120 e. The molecule has 1 rings (SSSR count). The van der Waals surface area contributed by atoms with Gasteiger partial charge >= 0.3 is 0 Å². The van der Waals surface area contributed by atoms with Gasteiger partial charge in [-0.25, -0.2) is 0 Å². The van der Waals surface area contributed by atoms with Crippen molar-refractivity contribution in [3.05, 3.63) is 34.9 Å². The highest BCUT2D eigenvalue weighted by Gasteiger charge is 2.09. The molecular weight excluding hydrogens is 212 g/mol. The fourth-order valence-electron chi connectivity index (χ4n) is 1.25. The number of rotatable bonds is 5. The lowest BCUT2D eigenvalue weighted by atomic mass is 10.2. The summed E-state index contributed by atoms with van der Waals surface area (Å²) < 4.78 is 5.49. The van der Waals surface area contributed by atoms with E-state index in [1.807, 2.05) is 31.2 Å². The molecule has 3 nitrogen and oxygen atoms in total. The van der Waals surface area contributed by atoms with Gasteiger partial charge in [0.2, 0.25) is 0 Å². The van der Waals surface area contributed by atoms with E-state index in [-0.39, 0.29) is 11.9 Å². The first-order valence-electron chi connectivity index (χ1n) is 4.83. The lowest BCUT2D eigenvalue weighted by molar-refractivity contribution is 0.0808. The van der Waals surface area contributed by atoms with E-state index in [1.165, 1.54) is 0 Å². The molecular formula is C11H15ClN2O. The fraction of sp³-hybridized carbons (Fsp3) is 0.364. The summed E-state index contributed by atoms with van der Waals surface area (Å²) in [6.45, 7) is 2.36. The van der Waals surface area contributed by atoms with Crippen LogP contribution in [-0.2, 0) is 11.3 Å². The first-order chi connectivity index (χ1) is 7.13. The molecule has 0 aromatic heterocycles. The largest absolute Gasteiger partial charge is 0.385 e. The molecule has 1 aromatic carbocycles. The van der Waals surface area contributed by atoms with Crippen LogP contribution in [0.1, 0.15) is 18.9 Å². The van der Waals surface area contributed by atoms with Gasteiger partial charge in [0.25, 0.3) is 0 Å². The Kier molecular flexibility index (Phi) is 4.59. The Hall–Kier alpha value is -1.06. The van der Waals surface area contributed by atoms with Crippen LogP contribution in [0.3, 0.4) is 0 Å². The van der Waals surface area contributed by atoms with Crippen LogP contribution in [0.4, 0.5) is 0 Å². The Labute approximate surface area is 94.7 Å². The van der Waals surface area contributed by atoms with Crippen molar-refractivity contribution >= 4 is 17.4 Å². The summed E-state index contributed by atoms with van der Waals surface area (Å²) in [4.78, 5) is 0. The number of amidine groups is 1. The number of halogens is 1. The Morgan fingerprint density at radius 3 is 2.87 bits per heavy atom. The minimum Gasteiger partial charge on any atom is -0.385 e. The quantitative estimate of drug-likeness (QED) is 0.599. The molecule has 0 spiro atoms. The van der Waals surface area contributed by atoms with Gasteiger partial charge in [-0.2, -0.15) is 0 Å². The van der Waals surface area contributed by atoms with E-state index in [1.54, 1.807) is 0 Å². The van der Waals surface area contributed by atoms with Crippen molar-refractivity contribution in [2.24, 2.45) is 5.73 Å². The van der Waals surface area contributed by atoms with Gasteiger partial charge in [-0.3, -0.25) is 5.41 Å². The van der Waals surface area contributed by atoms with Crippen LogP contribution in [0, 0.1) is 5.41 Å². The molecule has 0 bridgehead atoms. The van der Waals surface area contributed by atoms with Crippen LogP contribution in [-0.4, -0.2) is 11.9 Å². The third kappa shape index (κ3) is 3.90. The number of nitrogens with one attached hydrogen (secondary N) is 1. The summed E-state index contributed by atoms with van der Waals surface area (Å²) in [5.74, 6) is 0.0690. The lowest BCUT2D eigenvalue weighted by Crippen LogP contribution is -2.29. The molecule has 0 amide bonds. The summed E-state index contributed by atoms with van der Waals surface area (Å²) >= 11 is 5.83. The van der Waals surface area contributed by atoms with Crippen LogP contribution < -0.4 is 5.73 Å². The second-order valence-corrected chi connectivity index (χ2v) is 3.73. The monoisotopic (exact) mass is 226 g/mol. The maximum atomic E-state index is 7.29. The van der Waals surface area contributed by atoms with E-state index in [2.05, 4.69) is 0 Å². The van der Waals surface area contributed by atoms with Gasteiger partial charge < -0.3 is 10.5 Å².